The number of ether oxygens (including phenoxy) is 3. The van der Waals surface area contributed by atoms with E-state index in [-0.39, 0.29) is 42.9 Å². The van der Waals surface area contributed by atoms with Crippen LogP contribution in [0.15, 0.2) is 47.8 Å². The van der Waals surface area contributed by atoms with E-state index in [4.69, 9.17) is 14.2 Å². The van der Waals surface area contributed by atoms with Crippen LogP contribution in [0.3, 0.4) is 0 Å². The van der Waals surface area contributed by atoms with Crippen LogP contribution < -0.4 is 0 Å². The van der Waals surface area contributed by atoms with Crippen LogP contribution >= 0.6 is 12.4 Å². The molecule has 0 amide bonds. The molecule has 2 fully saturated rings. The van der Waals surface area contributed by atoms with Crippen molar-refractivity contribution in [2.24, 2.45) is 22.7 Å². The second kappa shape index (κ2) is 12.5. The molecule has 2 bridgehead atoms. The molecule has 0 aliphatic heterocycles. The molecule has 224 valence electrons. The van der Waals surface area contributed by atoms with Gasteiger partial charge in [0.15, 0.2) is 5.78 Å². The second-order valence-corrected chi connectivity index (χ2v) is 12.4. The molecule has 0 saturated heterocycles. The lowest BCUT2D eigenvalue weighted by Gasteiger charge is -2.58. The van der Waals surface area contributed by atoms with Crippen LogP contribution in [0.1, 0.15) is 79.2 Å². The van der Waals surface area contributed by atoms with Gasteiger partial charge in [-0.1, -0.05) is 39.0 Å². The Bertz CT molecular complexity index is 1240. The Labute approximate surface area is 248 Å². The van der Waals surface area contributed by atoms with Crippen molar-refractivity contribution >= 4 is 36.1 Å². The highest BCUT2D eigenvalue weighted by atomic mass is 35.5. The molecule has 6 atom stereocenters. The minimum atomic E-state index is -0.715. The fourth-order valence-electron chi connectivity index (χ4n) is 7.29. The van der Waals surface area contributed by atoms with Crippen LogP contribution in [0, 0.1) is 22.7 Å². The zero-order valence-electron chi connectivity index (χ0n) is 24.9. The number of hydrogen-bond acceptors (Lipinski definition) is 8. The summed E-state index contributed by atoms with van der Waals surface area (Å²) in [7, 11) is 0. The first-order chi connectivity index (χ1) is 18.8. The van der Waals surface area contributed by atoms with Crippen molar-refractivity contribution in [3.05, 3.63) is 53.4 Å². The highest BCUT2D eigenvalue weighted by Crippen LogP contribution is 2.60. The third-order valence-corrected chi connectivity index (χ3v) is 9.52. The summed E-state index contributed by atoms with van der Waals surface area (Å²) >= 11 is 0. The SMILES string of the molecule is C=C1C2[C@H](OC(C)=O)C3CC(=O)C(C)=C(C[C@@H](OC(C)=O)[C@]2(C)CC[C@@H]1OC(=O)CCc1cccnc1)C3(C)C.Cl. The molecular formula is C32H42ClNO7. The molecule has 4 rings (SSSR count). The number of Topliss-reactive ketones (excluding diaryl/α,β-unsaturated/α-hetero) is 1. The van der Waals surface area contributed by atoms with Gasteiger partial charge in [-0.2, -0.15) is 0 Å². The number of halogens is 1. The van der Waals surface area contributed by atoms with Gasteiger partial charge in [0, 0.05) is 62.8 Å². The predicted octanol–water partition coefficient (Wildman–Crippen LogP) is 5.52. The zero-order valence-corrected chi connectivity index (χ0v) is 25.7. The Morgan fingerprint density at radius 3 is 2.37 bits per heavy atom. The van der Waals surface area contributed by atoms with Gasteiger partial charge < -0.3 is 14.2 Å². The largest absolute Gasteiger partial charge is 0.462 e. The number of pyridine rings is 1. The van der Waals surface area contributed by atoms with Crippen LogP contribution in [0.2, 0.25) is 0 Å². The van der Waals surface area contributed by atoms with E-state index in [1.54, 1.807) is 12.4 Å². The maximum absolute atomic E-state index is 13.2. The summed E-state index contributed by atoms with van der Waals surface area (Å²) in [6.07, 6.45) is 3.91. The number of aryl methyl sites for hydroxylation is 1. The molecule has 1 aromatic rings. The van der Waals surface area contributed by atoms with Crippen LogP contribution in [0.25, 0.3) is 0 Å². The number of rotatable bonds is 6. The predicted molar refractivity (Wildman–Crippen MR) is 155 cm³/mol. The molecule has 0 N–H and O–H groups in total. The fourth-order valence-corrected chi connectivity index (χ4v) is 7.29. The number of carbonyl (C=O) groups is 4. The molecule has 3 aliphatic carbocycles. The molecule has 1 aromatic heterocycles. The Morgan fingerprint density at radius 1 is 1.07 bits per heavy atom. The molecular weight excluding hydrogens is 546 g/mol. The summed E-state index contributed by atoms with van der Waals surface area (Å²) in [5, 5.41) is 0. The van der Waals surface area contributed by atoms with E-state index in [1.807, 2.05) is 26.0 Å². The van der Waals surface area contributed by atoms with E-state index < -0.39 is 47.0 Å². The fraction of sp³-hybridized carbons (Fsp3) is 0.594. The summed E-state index contributed by atoms with van der Waals surface area (Å²) in [5.74, 6) is -2.04. The minimum Gasteiger partial charge on any atom is -0.462 e. The zero-order chi connectivity index (χ0) is 29.4. The average Bonchev–Trinajstić information content (AvgIpc) is 2.88. The molecule has 2 saturated carbocycles. The van der Waals surface area contributed by atoms with Gasteiger partial charge in [-0.15, -0.1) is 12.4 Å². The van der Waals surface area contributed by atoms with E-state index in [0.717, 1.165) is 11.1 Å². The molecule has 41 heavy (non-hydrogen) atoms. The number of fused-ring (bicyclic) bond motifs is 3. The maximum Gasteiger partial charge on any atom is 0.306 e. The molecule has 0 radical (unpaired) electrons. The van der Waals surface area contributed by atoms with Gasteiger partial charge in [0.25, 0.3) is 0 Å². The third-order valence-electron chi connectivity index (χ3n) is 9.52. The summed E-state index contributed by atoms with van der Waals surface area (Å²) in [4.78, 5) is 55.1. The number of allylic oxidation sites excluding steroid dienone is 1. The number of esters is 3. The van der Waals surface area contributed by atoms with Crippen molar-refractivity contribution < 1.29 is 33.4 Å². The molecule has 0 spiro atoms. The number of ketones is 1. The smallest absolute Gasteiger partial charge is 0.306 e. The average molecular weight is 588 g/mol. The van der Waals surface area contributed by atoms with Crippen molar-refractivity contribution in [3.8, 4) is 0 Å². The first kappa shape index (κ1) is 32.5. The number of nitrogens with zero attached hydrogens (tertiary/aromatic N) is 1. The van der Waals surface area contributed by atoms with E-state index in [2.05, 4.69) is 25.4 Å². The van der Waals surface area contributed by atoms with Gasteiger partial charge in [0.05, 0.1) is 0 Å². The van der Waals surface area contributed by atoms with Crippen LogP contribution in [0.5, 0.6) is 0 Å². The minimum absolute atomic E-state index is 0. The summed E-state index contributed by atoms with van der Waals surface area (Å²) in [6, 6.07) is 3.74. The van der Waals surface area contributed by atoms with Gasteiger partial charge in [0.1, 0.15) is 18.3 Å². The quantitative estimate of drug-likeness (QED) is 0.243. The van der Waals surface area contributed by atoms with Gasteiger partial charge in [-0.25, -0.2) is 0 Å². The highest BCUT2D eigenvalue weighted by molar-refractivity contribution is 5.97. The molecule has 1 heterocycles. The third kappa shape index (κ3) is 6.42. The summed E-state index contributed by atoms with van der Waals surface area (Å²) in [6.45, 7) is 15.2. The molecule has 0 aromatic carbocycles. The van der Waals surface area contributed by atoms with Gasteiger partial charge in [-0.05, 0) is 54.4 Å². The van der Waals surface area contributed by atoms with Crippen molar-refractivity contribution in [3.63, 3.8) is 0 Å². The Hall–Kier alpha value is -3.00. The van der Waals surface area contributed by atoms with Crippen LogP contribution in [-0.2, 0) is 39.8 Å². The lowest BCUT2D eigenvalue weighted by atomic mass is 9.50. The number of carbonyl (C=O) groups excluding carboxylic acids is 4. The number of aromatic nitrogens is 1. The van der Waals surface area contributed by atoms with Crippen LogP contribution in [-0.4, -0.2) is 47.0 Å². The summed E-state index contributed by atoms with van der Waals surface area (Å²) in [5.41, 5.74) is 2.03. The van der Waals surface area contributed by atoms with E-state index in [9.17, 15) is 19.2 Å². The normalized spacial score (nSPS) is 30.6. The lowest BCUT2D eigenvalue weighted by molar-refractivity contribution is -0.184. The van der Waals surface area contributed by atoms with E-state index in [0.29, 0.717) is 36.8 Å². The first-order valence-corrected chi connectivity index (χ1v) is 14.1. The standard InChI is InChI=1S/C32H41NO7.ClH/c1-18-23-16-27(38-20(3)34)32(7)13-12-26(40-28(37)11-10-22-9-8-14-33-17-22)19(2)29(32)30(39-21(4)35)24(15-25(18)36)31(23,5)6;/h8-9,14,17,24,26-27,29-30H,2,10-13,15-16H2,1,3-7H3;1H/t24?,26-,27+,29?,30+,32-;/m0./s1. The Balaban J connectivity index is 0.00000462. The van der Waals surface area contributed by atoms with Crippen molar-refractivity contribution in [1.82, 2.24) is 4.98 Å². The van der Waals surface area contributed by atoms with E-state index >= 15 is 0 Å². The number of hydrogen-bond donors (Lipinski definition) is 0. The van der Waals surface area contributed by atoms with Gasteiger partial charge >= 0.3 is 17.9 Å². The summed E-state index contributed by atoms with van der Waals surface area (Å²) < 4.78 is 18.1. The van der Waals surface area contributed by atoms with Gasteiger partial charge in [0.2, 0.25) is 0 Å². The van der Waals surface area contributed by atoms with Crippen molar-refractivity contribution in [2.45, 2.75) is 98.4 Å². The Kier molecular flexibility index (Phi) is 9.89. The molecule has 2 unspecified atom stereocenters. The maximum atomic E-state index is 13.2. The van der Waals surface area contributed by atoms with Gasteiger partial charge in [-0.3, -0.25) is 24.2 Å². The molecule has 8 nitrogen and oxygen atoms in total. The monoisotopic (exact) mass is 587 g/mol. The topological polar surface area (TPSA) is 109 Å². The van der Waals surface area contributed by atoms with E-state index in [1.165, 1.54) is 13.8 Å². The molecule has 3 aliphatic rings. The van der Waals surface area contributed by atoms with Crippen molar-refractivity contribution in [1.29, 1.82) is 0 Å². The first-order valence-electron chi connectivity index (χ1n) is 14.1. The highest BCUT2D eigenvalue weighted by Gasteiger charge is 2.60. The molecule has 9 heteroatoms. The lowest BCUT2D eigenvalue weighted by Crippen LogP contribution is -2.59. The Morgan fingerprint density at radius 2 is 1.76 bits per heavy atom. The van der Waals surface area contributed by atoms with Crippen LogP contribution in [0.4, 0.5) is 0 Å². The van der Waals surface area contributed by atoms with Crippen molar-refractivity contribution in [2.75, 3.05) is 0 Å². The second-order valence-electron chi connectivity index (χ2n) is 12.4.